The minimum atomic E-state index is -0.544. The van der Waals surface area contributed by atoms with Crippen LogP contribution in [0, 0.1) is 0 Å². The van der Waals surface area contributed by atoms with Crippen molar-refractivity contribution in [2.45, 2.75) is 6.92 Å². The molecular formula is C11H11ClO4. The fourth-order valence-corrected chi connectivity index (χ4v) is 1.61. The van der Waals surface area contributed by atoms with E-state index in [-0.39, 0.29) is 0 Å². The standard InChI is InChI=1S/C11H11ClO4/c1-2-14-8-5-7(11(12)13)6-9-10(8)16-4-3-15-9/h5-6H,2-4H2,1H3. The fourth-order valence-electron chi connectivity index (χ4n) is 1.50. The number of rotatable bonds is 3. The number of hydrogen-bond donors (Lipinski definition) is 0. The summed E-state index contributed by atoms with van der Waals surface area (Å²) < 4.78 is 16.2. The Labute approximate surface area is 98.1 Å². The van der Waals surface area contributed by atoms with E-state index in [1.165, 1.54) is 0 Å². The van der Waals surface area contributed by atoms with Crippen molar-refractivity contribution in [2.24, 2.45) is 0 Å². The molecule has 1 aliphatic rings. The van der Waals surface area contributed by atoms with Crippen LogP contribution in [0.15, 0.2) is 12.1 Å². The van der Waals surface area contributed by atoms with Crippen molar-refractivity contribution < 1.29 is 19.0 Å². The van der Waals surface area contributed by atoms with Crippen LogP contribution < -0.4 is 14.2 Å². The highest BCUT2D eigenvalue weighted by molar-refractivity contribution is 6.67. The molecule has 0 saturated carbocycles. The molecule has 16 heavy (non-hydrogen) atoms. The van der Waals surface area contributed by atoms with Crippen molar-refractivity contribution in [3.63, 3.8) is 0 Å². The van der Waals surface area contributed by atoms with E-state index in [9.17, 15) is 4.79 Å². The Kier molecular flexibility index (Phi) is 3.19. The van der Waals surface area contributed by atoms with Crippen LogP contribution in [0.1, 0.15) is 17.3 Å². The normalized spacial score (nSPS) is 13.4. The van der Waals surface area contributed by atoms with Crippen molar-refractivity contribution in [1.82, 2.24) is 0 Å². The zero-order valence-electron chi connectivity index (χ0n) is 8.79. The van der Waals surface area contributed by atoms with Crippen LogP contribution in [0.4, 0.5) is 0 Å². The monoisotopic (exact) mass is 242 g/mol. The Morgan fingerprint density at radius 1 is 1.44 bits per heavy atom. The second-order valence-electron chi connectivity index (χ2n) is 3.21. The highest BCUT2D eigenvalue weighted by Gasteiger charge is 2.20. The van der Waals surface area contributed by atoms with E-state index in [0.717, 1.165) is 0 Å². The van der Waals surface area contributed by atoms with E-state index >= 15 is 0 Å². The van der Waals surface area contributed by atoms with Gasteiger partial charge in [0.1, 0.15) is 13.2 Å². The molecule has 4 nitrogen and oxygen atoms in total. The lowest BCUT2D eigenvalue weighted by Gasteiger charge is -2.21. The Balaban J connectivity index is 2.47. The second kappa shape index (κ2) is 4.61. The largest absolute Gasteiger partial charge is 0.490 e. The molecule has 0 aliphatic carbocycles. The zero-order chi connectivity index (χ0) is 11.5. The molecule has 0 bridgehead atoms. The van der Waals surface area contributed by atoms with Crippen LogP contribution in [0.25, 0.3) is 0 Å². The number of carbonyl (C=O) groups is 1. The van der Waals surface area contributed by atoms with Crippen molar-refractivity contribution >= 4 is 16.8 Å². The third kappa shape index (κ3) is 2.07. The van der Waals surface area contributed by atoms with Crippen LogP contribution in [0.2, 0.25) is 0 Å². The quantitative estimate of drug-likeness (QED) is 0.763. The van der Waals surface area contributed by atoms with Gasteiger partial charge >= 0.3 is 0 Å². The van der Waals surface area contributed by atoms with Crippen LogP contribution in [-0.2, 0) is 0 Å². The SMILES string of the molecule is CCOc1cc(C(=O)Cl)cc2c1OCCO2. The highest BCUT2D eigenvalue weighted by Crippen LogP contribution is 2.40. The van der Waals surface area contributed by atoms with Gasteiger partial charge < -0.3 is 14.2 Å². The van der Waals surface area contributed by atoms with Crippen molar-refractivity contribution in [1.29, 1.82) is 0 Å². The topological polar surface area (TPSA) is 44.8 Å². The molecule has 0 spiro atoms. The average molecular weight is 243 g/mol. The van der Waals surface area contributed by atoms with E-state index in [1.807, 2.05) is 6.92 Å². The van der Waals surface area contributed by atoms with E-state index in [2.05, 4.69) is 0 Å². The van der Waals surface area contributed by atoms with Crippen molar-refractivity contribution in [3.8, 4) is 17.2 Å². The van der Waals surface area contributed by atoms with Gasteiger partial charge in [0.2, 0.25) is 5.75 Å². The molecule has 1 aliphatic heterocycles. The lowest BCUT2D eigenvalue weighted by molar-refractivity contribution is 0.107. The first-order valence-corrected chi connectivity index (χ1v) is 5.36. The molecule has 0 radical (unpaired) electrons. The van der Waals surface area contributed by atoms with E-state index < -0.39 is 5.24 Å². The first kappa shape index (κ1) is 11.1. The Bertz CT molecular complexity index is 417. The third-order valence-electron chi connectivity index (χ3n) is 2.13. The summed E-state index contributed by atoms with van der Waals surface area (Å²) >= 11 is 5.43. The molecule has 0 unspecified atom stereocenters. The molecule has 5 heteroatoms. The molecule has 86 valence electrons. The number of hydrogen-bond acceptors (Lipinski definition) is 4. The molecule has 0 N–H and O–H groups in total. The maximum atomic E-state index is 11.1. The molecule has 2 rings (SSSR count). The van der Waals surface area contributed by atoms with E-state index in [1.54, 1.807) is 12.1 Å². The lowest BCUT2D eigenvalue weighted by Crippen LogP contribution is -2.16. The van der Waals surface area contributed by atoms with Gasteiger partial charge in [-0.15, -0.1) is 0 Å². The highest BCUT2D eigenvalue weighted by atomic mass is 35.5. The molecule has 0 atom stereocenters. The predicted molar refractivity (Wildman–Crippen MR) is 58.8 cm³/mol. The van der Waals surface area contributed by atoms with E-state index in [0.29, 0.717) is 42.6 Å². The van der Waals surface area contributed by atoms with Gasteiger partial charge in [-0.25, -0.2) is 0 Å². The molecule has 0 fully saturated rings. The average Bonchev–Trinajstić information content (AvgIpc) is 2.29. The van der Waals surface area contributed by atoms with Crippen LogP contribution in [0.5, 0.6) is 17.2 Å². The van der Waals surface area contributed by atoms with Gasteiger partial charge in [-0.2, -0.15) is 0 Å². The molecule has 1 heterocycles. The maximum absolute atomic E-state index is 11.1. The summed E-state index contributed by atoms with van der Waals surface area (Å²) in [6.07, 6.45) is 0. The van der Waals surface area contributed by atoms with Crippen LogP contribution in [-0.4, -0.2) is 25.1 Å². The van der Waals surface area contributed by atoms with Gasteiger partial charge in [0.25, 0.3) is 5.24 Å². The van der Waals surface area contributed by atoms with Crippen LogP contribution >= 0.6 is 11.6 Å². The van der Waals surface area contributed by atoms with Gasteiger partial charge in [0, 0.05) is 5.56 Å². The number of halogens is 1. The van der Waals surface area contributed by atoms with Gasteiger partial charge in [-0.1, -0.05) is 0 Å². The first-order chi connectivity index (χ1) is 7.72. The molecule has 0 amide bonds. The van der Waals surface area contributed by atoms with Crippen molar-refractivity contribution in [2.75, 3.05) is 19.8 Å². The molecule has 0 aromatic heterocycles. The summed E-state index contributed by atoms with van der Waals surface area (Å²) in [5.41, 5.74) is 0.342. The number of carbonyl (C=O) groups excluding carboxylic acids is 1. The Morgan fingerprint density at radius 2 is 2.19 bits per heavy atom. The summed E-state index contributed by atoms with van der Waals surface area (Å²) in [7, 11) is 0. The zero-order valence-corrected chi connectivity index (χ0v) is 9.54. The molecule has 1 aromatic rings. The smallest absolute Gasteiger partial charge is 0.252 e. The van der Waals surface area contributed by atoms with Gasteiger partial charge in [0.05, 0.1) is 6.61 Å². The van der Waals surface area contributed by atoms with Crippen molar-refractivity contribution in [3.05, 3.63) is 17.7 Å². The Morgan fingerprint density at radius 3 is 2.88 bits per heavy atom. The summed E-state index contributed by atoms with van der Waals surface area (Å²) in [5.74, 6) is 1.53. The van der Waals surface area contributed by atoms with Crippen LogP contribution in [0.3, 0.4) is 0 Å². The molecular weight excluding hydrogens is 232 g/mol. The minimum Gasteiger partial charge on any atom is -0.490 e. The predicted octanol–water partition coefficient (Wildman–Crippen LogP) is 2.24. The molecule has 1 aromatic carbocycles. The van der Waals surface area contributed by atoms with Gasteiger partial charge in [0.15, 0.2) is 11.5 Å². The second-order valence-corrected chi connectivity index (χ2v) is 3.55. The molecule has 0 saturated heterocycles. The maximum Gasteiger partial charge on any atom is 0.252 e. The Hall–Kier alpha value is -1.42. The summed E-state index contributed by atoms with van der Waals surface area (Å²) in [4.78, 5) is 11.1. The third-order valence-corrected chi connectivity index (χ3v) is 2.35. The summed E-state index contributed by atoms with van der Waals surface area (Å²) in [6.45, 7) is 3.26. The number of benzene rings is 1. The van der Waals surface area contributed by atoms with E-state index in [4.69, 9.17) is 25.8 Å². The van der Waals surface area contributed by atoms with Gasteiger partial charge in [-0.3, -0.25) is 4.79 Å². The summed E-state index contributed by atoms with van der Waals surface area (Å²) in [5, 5.41) is -0.544. The summed E-state index contributed by atoms with van der Waals surface area (Å²) in [6, 6.07) is 3.12. The number of ether oxygens (including phenoxy) is 3. The minimum absolute atomic E-state index is 0.342. The fraction of sp³-hybridized carbons (Fsp3) is 0.364. The first-order valence-electron chi connectivity index (χ1n) is 4.98. The number of fused-ring (bicyclic) bond motifs is 1. The van der Waals surface area contributed by atoms with Gasteiger partial charge in [-0.05, 0) is 30.7 Å². The lowest BCUT2D eigenvalue weighted by atomic mass is 10.2.